The van der Waals surface area contributed by atoms with Crippen LogP contribution in [0.1, 0.15) is 12.0 Å². The molecule has 2 heterocycles. The van der Waals surface area contributed by atoms with Gasteiger partial charge in [-0.2, -0.15) is 0 Å². The molecule has 1 aliphatic rings. The molecule has 1 fully saturated rings. The summed E-state index contributed by atoms with van der Waals surface area (Å²) in [7, 11) is 0. The second kappa shape index (κ2) is 6.33. The normalized spacial score (nSPS) is 14.7. The van der Waals surface area contributed by atoms with Gasteiger partial charge in [-0.1, -0.05) is 18.2 Å². The Kier molecular flexibility index (Phi) is 4.01. The van der Waals surface area contributed by atoms with E-state index in [1.54, 1.807) is 17.0 Å². The average Bonchev–Trinajstić information content (AvgIpc) is 2.96. The van der Waals surface area contributed by atoms with E-state index in [4.69, 9.17) is 0 Å². The topological polar surface area (TPSA) is 56.3 Å². The van der Waals surface area contributed by atoms with Crippen molar-refractivity contribution < 1.29 is 14.3 Å². The Bertz CT molecular complexity index is 911. The Morgan fingerprint density at radius 3 is 2.60 bits per heavy atom. The van der Waals surface area contributed by atoms with Gasteiger partial charge in [-0.25, -0.2) is 4.39 Å². The number of β-amino-alcohol motifs (C(OH)–C–C–N with tert-alkyl or cyclic N) is 1. The Morgan fingerprint density at radius 1 is 1.16 bits per heavy atom. The summed E-state index contributed by atoms with van der Waals surface area (Å²) in [6.07, 6.45) is 0.608. The Morgan fingerprint density at radius 2 is 1.88 bits per heavy atom. The molecule has 0 atom stereocenters. The zero-order chi connectivity index (χ0) is 17.4. The number of hydrogen-bond acceptors (Lipinski definition) is 2. The summed E-state index contributed by atoms with van der Waals surface area (Å²) in [5.74, 6) is -0.214. The number of aromatic amines is 1. The molecule has 4 nitrogen and oxygen atoms in total. The molecule has 3 aromatic rings. The van der Waals surface area contributed by atoms with E-state index in [1.165, 1.54) is 12.1 Å². The SMILES string of the molecule is O=C(CCc1c(-c2ccc(F)cc2)[nH]c2ccccc12)N1CC(O)C1. The van der Waals surface area contributed by atoms with Crippen LogP contribution in [0.5, 0.6) is 0 Å². The lowest BCUT2D eigenvalue weighted by Gasteiger charge is -2.35. The van der Waals surface area contributed by atoms with E-state index >= 15 is 0 Å². The van der Waals surface area contributed by atoms with Crippen LogP contribution in [0, 0.1) is 5.82 Å². The molecule has 0 unspecified atom stereocenters. The van der Waals surface area contributed by atoms with Crippen LogP contribution in [0.2, 0.25) is 0 Å². The summed E-state index contributed by atoms with van der Waals surface area (Å²) >= 11 is 0. The molecular formula is C20H19FN2O2. The minimum Gasteiger partial charge on any atom is -0.389 e. The Labute approximate surface area is 144 Å². The number of halogens is 1. The molecule has 1 saturated heterocycles. The van der Waals surface area contributed by atoms with E-state index in [0.29, 0.717) is 25.9 Å². The number of aromatic nitrogens is 1. The highest BCUT2D eigenvalue weighted by Crippen LogP contribution is 2.31. The third-order valence-electron chi connectivity index (χ3n) is 4.75. The van der Waals surface area contributed by atoms with Gasteiger partial charge < -0.3 is 15.0 Å². The highest BCUT2D eigenvalue weighted by atomic mass is 19.1. The maximum atomic E-state index is 13.2. The first kappa shape index (κ1) is 15.8. The summed E-state index contributed by atoms with van der Waals surface area (Å²) in [6.45, 7) is 0.856. The first-order valence-corrected chi connectivity index (χ1v) is 8.43. The van der Waals surface area contributed by atoms with Crippen LogP contribution in [0.3, 0.4) is 0 Å². The maximum absolute atomic E-state index is 13.2. The van der Waals surface area contributed by atoms with Gasteiger partial charge >= 0.3 is 0 Å². The highest BCUT2D eigenvalue weighted by molar-refractivity contribution is 5.91. The number of rotatable bonds is 4. The first-order valence-electron chi connectivity index (χ1n) is 8.43. The quantitative estimate of drug-likeness (QED) is 0.768. The molecule has 0 saturated carbocycles. The standard InChI is InChI=1S/C20H19FN2O2/c21-14-7-5-13(6-8-14)20-17(16-3-1-2-4-18(16)22-20)9-10-19(25)23-11-15(24)12-23/h1-8,15,22,24H,9-12H2. The second-order valence-corrected chi connectivity index (χ2v) is 6.48. The van der Waals surface area contributed by atoms with E-state index in [1.807, 2.05) is 24.3 Å². The largest absolute Gasteiger partial charge is 0.389 e. The number of H-pyrrole nitrogens is 1. The van der Waals surface area contributed by atoms with Crippen LogP contribution in [0.4, 0.5) is 4.39 Å². The molecule has 1 aromatic heterocycles. The van der Waals surface area contributed by atoms with Crippen molar-refractivity contribution in [2.45, 2.75) is 18.9 Å². The third kappa shape index (κ3) is 3.03. The summed E-state index contributed by atoms with van der Waals surface area (Å²) < 4.78 is 13.2. The molecule has 4 rings (SSSR count). The van der Waals surface area contributed by atoms with E-state index in [0.717, 1.165) is 27.7 Å². The molecule has 0 aliphatic carbocycles. The lowest BCUT2D eigenvalue weighted by Crippen LogP contribution is -2.53. The fourth-order valence-electron chi connectivity index (χ4n) is 3.37. The van der Waals surface area contributed by atoms with Crippen molar-refractivity contribution in [1.82, 2.24) is 9.88 Å². The lowest BCUT2D eigenvalue weighted by molar-refractivity contribution is -0.141. The van der Waals surface area contributed by atoms with Gasteiger partial charge in [0.25, 0.3) is 0 Å². The second-order valence-electron chi connectivity index (χ2n) is 6.48. The summed E-state index contributed by atoms with van der Waals surface area (Å²) in [6, 6.07) is 14.3. The number of nitrogens with zero attached hydrogens (tertiary/aromatic N) is 1. The number of likely N-dealkylation sites (tertiary alicyclic amines) is 1. The number of para-hydroxylation sites is 1. The minimum absolute atomic E-state index is 0.0561. The summed E-state index contributed by atoms with van der Waals surface area (Å²) in [5, 5.41) is 10.4. The number of fused-ring (bicyclic) bond motifs is 1. The number of aliphatic hydroxyl groups excluding tert-OH is 1. The van der Waals surface area contributed by atoms with Gasteiger partial charge in [-0.3, -0.25) is 4.79 Å². The first-order chi connectivity index (χ1) is 12.1. The van der Waals surface area contributed by atoms with Crippen molar-refractivity contribution in [3.63, 3.8) is 0 Å². The van der Waals surface area contributed by atoms with Gasteiger partial charge in [-0.05, 0) is 47.9 Å². The molecule has 0 radical (unpaired) electrons. The molecule has 128 valence electrons. The van der Waals surface area contributed by atoms with Crippen LogP contribution in [-0.2, 0) is 11.2 Å². The lowest BCUT2D eigenvalue weighted by atomic mass is 10.00. The van der Waals surface area contributed by atoms with E-state index < -0.39 is 0 Å². The van der Waals surface area contributed by atoms with Crippen molar-refractivity contribution >= 4 is 16.8 Å². The number of nitrogens with one attached hydrogen (secondary N) is 1. The van der Waals surface area contributed by atoms with Gasteiger partial charge in [0.2, 0.25) is 5.91 Å². The molecule has 25 heavy (non-hydrogen) atoms. The van der Waals surface area contributed by atoms with Gasteiger partial charge in [-0.15, -0.1) is 0 Å². The molecular weight excluding hydrogens is 319 g/mol. The van der Waals surface area contributed by atoms with Crippen LogP contribution >= 0.6 is 0 Å². The van der Waals surface area contributed by atoms with Gasteiger partial charge in [0.05, 0.1) is 6.10 Å². The average molecular weight is 338 g/mol. The van der Waals surface area contributed by atoms with E-state index in [2.05, 4.69) is 4.98 Å². The van der Waals surface area contributed by atoms with E-state index in [9.17, 15) is 14.3 Å². The van der Waals surface area contributed by atoms with E-state index in [-0.39, 0.29) is 17.8 Å². The van der Waals surface area contributed by atoms with Crippen LogP contribution in [0.15, 0.2) is 48.5 Å². The zero-order valence-corrected chi connectivity index (χ0v) is 13.7. The number of carbonyl (C=O) groups is 1. The molecule has 2 aromatic carbocycles. The molecule has 1 amide bonds. The van der Waals surface area contributed by atoms with Gasteiger partial charge in [0.1, 0.15) is 5.82 Å². The fraction of sp³-hybridized carbons (Fsp3) is 0.250. The Balaban J connectivity index is 1.65. The predicted octanol–water partition coefficient (Wildman–Crippen LogP) is 3.11. The molecule has 0 spiro atoms. The summed E-state index contributed by atoms with van der Waals surface area (Å²) in [4.78, 5) is 17.3. The number of aliphatic hydroxyl groups is 1. The number of aryl methyl sites for hydroxylation is 1. The van der Waals surface area contributed by atoms with Crippen molar-refractivity contribution in [2.75, 3.05) is 13.1 Å². The maximum Gasteiger partial charge on any atom is 0.223 e. The minimum atomic E-state index is -0.383. The number of benzene rings is 2. The highest BCUT2D eigenvalue weighted by Gasteiger charge is 2.28. The van der Waals surface area contributed by atoms with Crippen LogP contribution < -0.4 is 0 Å². The van der Waals surface area contributed by atoms with Crippen LogP contribution in [0.25, 0.3) is 22.2 Å². The monoisotopic (exact) mass is 338 g/mol. The van der Waals surface area contributed by atoms with Crippen LogP contribution in [-0.4, -0.2) is 40.1 Å². The number of carbonyl (C=O) groups excluding carboxylic acids is 1. The smallest absolute Gasteiger partial charge is 0.223 e. The predicted molar refractivity (Wildman–Crippen MR) is 94.6 cm³/mol. The zero-order valence-electron chi connectivity index (χ0n) is 13.7. The van der Waals surface area contributed by atoms with Crippen molar-refractivity contribution in [2.24, 2.45) is 0 Å². The Hall–Kier alpha value is -2.66. The van der Waals surface area contributed by atoms with Gasteiger partial charge in [0, 0.05) is 36.1 Å². The van der Waals surface area contributed by atoms with Crippen molar-refractivity contribution in [1.29, 1.82) is 0 Å². The molecule has 5 heteroatoms. The molecule has 0 bridgehead atoms. The number of hydrogen-bond donors (Lipinski definition) is 2. The molecule has 2 N–H and O–H groups in total. The molecule has 1 aliphatic heterocycles. The summed E-state index contributed by atoms with van der Waals surface area (Å²) in [5.41, 5.74) is 3.90. The van der Waals surface area contributed by atoms with Gasteiger partial charge in [0.15, 0.2) is 0 Å². The number of amides is 1. The van der Waals surface area contributed by atoms with Crippen molar-refractivity contribution in [3.8, 4) is 11.3 Å². The third-order valence-corrected chi connectivity index (χ3v) is 4.75. The van der Waals surface area contributed by atoms with Crippen molar-refractivity contribution in [3.05, 3.63) is 59.9 Å². The fourth-order valence-corrected chi connectivity index (χ4v) is 3.37.